The van der Waals surface area contributed by atoms with E-state index in [1.807, 2.05) is 18.2 Å². The molecule has 0 aliphatic carbocycles. The minimum Gasteiger partial charge on any atom is -0.380 e. The Morgan fingerprint density at radius 3 is 2.53 bits per heavy atom. The van der Waals surface area contributed by atoms with Crippen LogP contribution in [-0.4, -0.2) is 31.4 Å². The Balaban J connectivity index is 1.62. The first-order valence-electron chi connectivity index (χ1n) is 9.96. The molecule has 1 unspecified atom stereocenters. The van der Waals surface area contributed by atoms with E-state index in [9.17, 15) is 23.1 Å². The average Bonchev–Trinajstić information content (AvgIpc) is 3.40. The summed E-state index contributed by atoms with van der Waals surface area (Å²) in [6.07, 6.45) is 0.874. The van der Waals surface area contributed by atoms with E-state index in [0.29, 0.717) is 11.4 Å². The zero-order valence-corrected chi connectivity index (χ0v) is 17.4. The molecule has 2 aromatic heterocycles. The van der Waals surface area contributed by atoms with Gasteiger partial charge in [-0.15, -0.1) is 0 Å². The Morgan fingerprint density at radius 1 is 1.16 bits per heavy atom. The van der Waals surface area contributed by atoms with Gasteiger partial charge in [-0.2, -0.15) is 18.3 Å². The Hall–Kier alpha value is -3.59. The number of carbonyl (C=O) groups excluding carboxylic acids is 1. The zero-order chi connectivity index (χ0) is 23.1. The molecule has 1 atom stereocenters. The largest absolute Gasteiger partial charge is 0.416 e. The highest BCUT2D eigenvalue weighted by Gasteiger charge is 2.30. The van der Waals surface area contributed by atoms with E-state index in [2.05, 4.69) is 15.4 Å². The molecular weight excluding hydrogens is 421 g/mol. The second kappa shape index (κ2) is 7.83. The molecule has 0 spiro atoms. The number of rotatable bonds is 5. The summed E-state index contributed by atoms with van der Waals surface area (Å²) < 4.78 is 39.8. The number of amides is 1. The summed E-state index contributed by atoms with van der Waals surface area (Å²) in [5.41, 5.74) is 1.21. The standard InChI is InChI=1S/C23H21F3N4O2/c1-3-22(2,32)21(31)29-20-12-27-19-9-4-14(10-18(19)20)15-11-28-30(13-15)17-7-5-16(6-8-17)23(24,25)26/h4-13,27,32H,3H2,1-2H3,(H,29,31). The molecule has 0 radical (unpaired) electrons. The second-order valence-electron chi connectivity index (χ2n) is 7.76. The molecule has 0 saturated carbocycles. The van der Waals surface area contributed by atoms with Crippen molar-refractivity contribution in [2.45, 2.75) is 32.0 Å². The third kappa shape index (κ3) is 4.11. The molecule has 2 heterocycles. The molecule has 0 aliphatic heterocycles. The average molecular weight is 442 g/mol. The van der Waals surface area contributed by atoms with E-state index < -0.39 is 23.2 Å². The van der Waals surface area contributed by atoms with Gasteiger partial charge in [0.25, 0.3) is 5.91 Å². The molecular formula is C23H21F3N4O2. The van der Waals surface area contributed by atoms with Crippen LogP contribution in [0.1, 0.15) is 25.8 Å². The van der Waals surface area contributed by atoms with Crippen LogP contribution in [0.3, 0.4) is 0 Å². The van der Waals surface area contributed by atoms with Crippen LogP contribution < -0.4 is 5.32 Å². The van der Waals surface area contributed by atoms with Crippen LogP contribution in [0.2, 0.25) is 0 Å². The van der Waals surface area contributed by atoms with Crippen LogP contribution in [0.15, 0.2) is 61.1 Å². The molecule has 0 saturated heterocycles. The lowest BCUT2D eigenvalue weighted by Crippen LogP contribution is -2.39. The van der Waals surface area contributed by atoms with E-state index in [1.54, 1.807) is 25.5 Å². The molecule has 4 rings (SSSR count). The number of anilines is 1. The SMILES string of the molecule is CCC(C)(O)C(=O)Nc1c[nH]c2ccc(-c3cnn(-c4ccc(C(F)(F)F)cc4)c3)cc12. The molecule has 0 aliphatic rings. The number of aromatic amines is 1. The fourth-order valence-corrected chi connectivity index (χ4v) is 3.24. The number of carbonyl (C=O) groups is 1. The van der Waals surface area contributed by atoms with Crippen molar-refractivity contribution in [2.75, 3.05) is 5.32 Å². The van der Waals surface area contributed by atoms with Crippen molar-refractivity contribution in [2.24, 2.45) is 0 Å². The van der Waals surface area contributed by atoms with Crippen molar-refractivity contribution in [3.05, 3.63) is 66.6 Å². The highest BCUT2D eigenvalue weighted by Crippen LogP contribution is 2.31. The third-order valence-corrected chi connectivity index (χ3v) is 5.48. The first-order chi connectivity index (χ1) is 15.1. The molecule has 6 nitrogen and oxygen atoms in total. The number of fused-ring (bicyclic) bond motifs is 1. The first kappa shape index (κ1) is 21.6. The maximum Gasteiger partial charge on any atom is 0.416 e. The number of hydrogen-bond acceptors (Lipinski definition) is 3. The normalized spacial score (nSPS) is 13.8. The van der Waals surface area contributed by atoms with Gasteiger partial charge in [-0.05, 0) is 55.3 Å². The molecule has 1 amide bonds. The predicted octanol–water partition coefficient (Wildman–Crippen LogP) is 5.14. The van der Waals surface area contributed by atoms with Crippen molar-refractivity contribution in [1.82, 2.24) is 14.8 Å². The van der Waals surface area contributed by atoms with E-state index in [-0.39, 0.29) is 6.42 Å². The van der Waals surface area contributed by atoms with Crippen LogP contribution in [0.4, 0.5) is 18.9 Å². The maximum atomic E-state index is 12.8. The number of nitrogens with zero attached hydrogens (tertiary/aromatic N) is 2. The zero-order valence-electron chi connectivity index (χ0n) is 17.4. The number of aliphatic hydroxyl groups is 1. The van der Waals surface area contributed by atoms with Crippen LogP contribution in [0.5, 0.6) is 0 Å². The van der Waals surface area contributed by atoms with Gasteiger partial charge >= 0.3 is 6.18 Å². The Bertz CT molecular complexity index is 1270. The van der Waals surface area contributed by atoms with Gasteiger partial charge in [0.05, 0.1) is 23.1 Å². The number of hydrogen-bond donors (Lipinski definition) is 3. The maximum absolute atomic E-state index is 12.8. The van der Waals surface area contributed by atoms with E-state index >= 15 is 0 Å². The molecule has 9 heteroatoms. The summed E-state index contributed by atoms with van der Waals surface area (Å²) in [4.78, 5) is 15.4. The van der Waals surface area contributed by atoms with Crippen LogP contribution in [0, 0.1) is 0 Å². The summed E-state index contributed by atoms with van der Waals surface area (Å²) in [5, 5.41) is 17.9. The van der Waals surface area contributed by atoms with Crippen LogP contribution in [-0.2, 0) is 11.0 Å². The summed E-state index contributed by atoms with van der Waals surface area (Å²) in [6.45, 7) is 3.18. The minimum atomic E-state index is -4.39. The van der Waals surface area contributed by atoms with Gasteiger partial charge in [-0.1, -0.05) is 13.0 Å². The molecule has 166 valence electrons. The number of benzene rings is 2. The van der Waals surface area contributed by atoms with Crippen LogP contribution >= 0.6 is 0 Å². The molecule has 32 heavy (non-hydrogen) atoms. The fourth-order valence-electron chi connectivity index (χ4n) is 3.24. The van der Waals surface area contributed by atoms with E-state index in [4.69, 9.17) is 0 Å². The van der Waals surface area contributed by atoms with Crippen molar-refractivity contribution in [3.63, 3.8) is 0 Å². The lowest BCUT2D eigenvalue weighted by molar-refractivity contribution is -0.137. The Kier molecular flexibility index (Phi) is 5.29. The Morgan fingerprint density at radius 2 is 1.88 bits per heavy atom. The number of nitrogens with one attached hydrogen (secondary N) is 2. The van der Waals surface area contributed by atoms with Gasteiger partial charge in [-0.25, -0.2) is 4.68 Å². The second-order valence-corrected chi connectivity index (χ2v) is 7.76. The molecule has 0 fully saturated rings. The van der Waals surface area contributed by atoms with Crippen molar-refractivity contribution in [3.8, 4) is 16.8 Å². The summed E-state index contributed by atoms with van der Waals surface area (Å²) in [6, 6.07) is 10.4. The number of alkyl halides is 3. The lowest BCUT2D eigenvalue weighted by Gasteiger charge is -2.19. The molecule has 4 aromatic rings. The van der Waals surface area contributed by atoms with Crippen molar-refractivity contribution < 1.29 is 23.1 Å². The summed E-state index contributed by atoms with van der Waals surface area (Å²) >= 11 is 0. The highest BCUT2D eigenvalue weighted by atomic mass is 19.4. The lowest BCUT2D eigenvalue weighted by atomic mass is 10.0. The van der Waals surface area contributed by atoms with Gasteiger partial charge in [-0.3, -0.25) is 4.79 Å². The fraction of sp³-hybridized carbons (Fsp3) is 0.217. The first-order valence-corrected chi connectivity index (χ1v) is 9.96. The minimum absolute atomic E-state index is 0.273. The topological polar surface area (TPSA) is 82.9 Å². The van der Waals surface area contributed by atoms with E-state index in [0.717, 1.165) is 34.2 Å². The molecule has 0 bridgehead atoms. The summed E-state index contributed by atoms with van der Waals surface area (Å²) in [5.74, 6) is -0.499. The smallest absolute Gasteiger partial charge is 0.380 e. The highest BCUT2D eigenvalue weighted by molar-refractivity contribution is 6.05. The van der Waals surface area contributed by atoms with Gasteiger partial charge in [0.2, 0.25) is 0 Å². The van der Waals surface area contributed by atoms with Gasteiger partial charge < -0.3 is 15.4 Å². The quantitative estimate of drug-likeness (QED) is 0.400. The van der Waals surface area contributed by atoms with Crippen molar-refractivity contribution in [1.29, 1.82) is 0 Å². The predicted molar refractivity (Wildman–Crippen MR) is 115 cm³/mol. The number of halogens is 3. The van der Waals surface area contributed by atoms with Crippen molar-refractivity contribution >= 4 is 22.5 Å². The number of aromatic nitrogens is 3. The number of H-pyrrole nitrogens is 1. The Labute approximate surface area is 181 Å². The van der Waals surface area contributed by atoms with Gasteiger partial charge in [0, 0.05) is 28.9 Å². The monoisotopic (exact) mass is 442 g/mol. The third-order valence-electron chi connectivity index (χ3n) is 5.48. The molecule has 2 aromatic carbocycles. The van der Waals surface area contributed by atoms with Gasteiger partial charge in [0.15, 0.2) is 0 Å². The molecule has 3 N–H and O–H groups in total. The van der Waals surface area contributed by atoms with Crippen LogP contribution in [0.25, 0.3) is 27.7 Å². The summed E-state index contributed by atoms with van der Waals surface area (Å²) in [7, 11) is 0. The van der Waals surface area contributed by atoms with Gasteiger partial charge in [0.1, 0.15) is 5.60 Å². The van der Waals surface area contributed by atoms with E-state index in [1.165, 1.54) is 23.7 Å².